The van der Waals surface area contributed by atoms with Gasteiger partial charge in [0, 0.05) is 31.9 Å². The van der Waals surface area contributed by atoms with Gasteiger partial charge < -0.3 is 19.4 Å². The molecule has 1 unspecified atom stereocenters. The number of rotatable bonds is 7. The fourth-order valence-corrected chi connectivity index (χ4v) is 5.05. The molecule has 2 heterocycles. The molecule has 0 bridgehead atoms. The van der Waals surface area contributed by atoms with E-state index in [-0.39, 0.29) is 17.5 Å². The van der Waals surface area contributed by atoms with E-state index < -0.39 is 15.9 Å². The highest BCUT2D eigenvalue weighted by molar-refractivity contribution is 7.89. The van der Waals surface area contributed by atoms with Gasteiger partial charge in [-0.2, -0.15) is 4.31 Å². The lowest BCUT2D eigenvalue weighted by atomic mass is 9.98. The van der Waals surface area contributed by atoms with Crippen LogP contribution in [0.2, 0.25) is 5.02 Å². The number of benzene rings is 1. The molecule has 1 aromatic heterocycles. The Morgan fingerprint density at radius 3 is 2.67 bits per heavy atom. The van der Waals surface area contributed by atoms with Gasteiger partial charge in [0.25, 0.3) is 10.0 Å². The average Bonchev–Trinajstić information content (AvgIpc) is 3.24. The van der Waals surface area contributed by atoms with Gasteiger partial charge in [0.15, 0.2) is 5.03 Å². The minimum Gasteiger partial charge on any atom is -0.495 e. The van der Waals surface area contributed by atoms with Gasteiger partial charge in [-0.05, 0) is 25.8 Å². The number of anilines is 1. The van der Waals surface area contributed by atoms with Crippen molar-refractivity contribution < 1.29 is 22.7 Å². The van der Waals surface area contributed by atoms with Crippen LogP contribution >= 0.6 is 11.6 Å². The summed E-state index contributed by atoms with van der Waals surface area (Å²) in [5.74, 6) is 0.0175. The predicted octanol–water partition coefficient (Wildman–Crippen LogP) is 2.61. The highest BCUT2D eigenvalue weighted by Crippen LogP contribution is 2.36. The highest BCUT2D eigenvalue weighted by Gasteiger charge is 2.34. The molecule has 0 radical (unpaired) electrons. The maximum absolute atomic E-state index is 12.9. The Morgan fingerprint density at radius 1 is 1.30 bits per heavy atom. The molecule has 3 rings (SSSR count). The second-order valence-corrected chi connectivity index (χ2v) is 9.21. The van der Waals surface area contributed by atoms with E-state index in [9.17, 15) is 13.2 Å². The van der Waals surface area contributed by atoms with Crippen LogP contribution in [0.25, 0.3) is 0 Å². The van der Waals surface area contributed by atoms with E-state index in [1.807, 2.05) is 6.92 Å². The molecular weight excluding hydrogens is 432 g/mol. The van der Waals surface area contributed by atoms with Crippen LogP contribution < -0.4 is 14.8 Å². The summed E-state index contributed by atoms with van der Waals surface area (Å²) in [7, 11) is -0.800. The number of aromatic nitrogens is 2. The number of aryl methyl sites for hydroxylation is 1. The first-order valence-electron chi connectivity index (χ1n) is 9.54. The molecule has 1 amide bonds. The SMILES string of the molecule is CCn1cnc(S(=O)(=O)N2CCCC(C(=O)Nc3cc(Cl)c(OC)cc3OC)C2)c1. The minimum absolute atomic E-state index is 0.00554. The zero-order valence-electron chi connectivity index (χ0n) is 17.1. The number of sulfonamides is 1. The van der Waals surface area contributed by atoms with Gasteiger partial charge in [0.1, 0.15) is 11.5 Å². The maximum Gasteiger partial charge on any atom is 0.262 e. The zero-order chi connectivity index (χ0) is 21.9. The van der Waals surface area contributed by atoms with E-state index >= 15 is 0 Å². The molecule has 11 heteroatoms. The number of ether oxygens (including phenoxy) is 2. The van der Waals surface area contributed by atoms with Crippen molar-refractivity contribution in [3.05, 3.63) is 29.7 Å². The van der Waals surface area contributed by atoms with Crippen molar-refractivity contribution in [3.8, 4) is 11.5 Å². The van der Waals surface area contributed by atoms with E-state index in [1.54, 1.807) is 16.7 Å². The first-order valence-corrected chi connectivity index (χ1v) is 11.4. The Bertz CT molecular complexity index is 1020. The second-order valence-electron chi connectivity index (χ2n) is 6.92. The van der Waals surface area contributed by atoms with Crippen molar-refractivity contribution in [2.75, 3.05) is 32.6 Å². The van der Waals surface area contributed by atoms with Crippen LogP contribution in [0.15, 0.2) is 29.7 Å². The number of carbonyl (C=O) groups excluding carboxylic acids is 1. The Balaban J connectivity index is 1.75. The molecular formula is C19H25ClN4O5S. The minimum atomic E-state index is -3.76. The largest absolute Gasteiger partial charge is 0.495 e. The first kappa shape index (κ1) is 22.4. The lowest BCUT2D eigenvalue weighted by Gasteiger charge is -2.30. The number of halogens is 1. The Morgan fingerprint density at radius 2 is 2.03 bits per heavy atom. The molecule has 164 valence electrons. The number of carbonyl (C=O) groups is 1. The fraction of sp³-hybridized carbons (Fsp3) is 0.474. The number of hydrogen-bond acceptors (Lipinski definition) is 6. The zero-order valence-corrected chi connectivity index (χ0v) is 18.7. The van der Waals surface area contributed by atoms with E-state index in [0.717, 1.165) is 0 Å². The van der Waals surface area contributed by atoms with Crippen molar-refractivity contribution in [3.63, 3.8) is 0 Å². The number of hydrogen-bond donors (Lipinski definition) is 1. The quantitative estimate of drug-likeness (QED) is 0.687. The van der Waals surface area contributed by atoms with E-state index in [2.05, 4.69) is 10.3 Å². The highest BCUT2D eigenvalue weighted by atomic mass is 35.5. The number of nitrogens with one attached hydrogen (secondary N) is 1. The van der Waals surface area contributed by atoms with Crippen molar-refractivity contribution >= 4 is 33.2 Å². The number of imidazole rings is 1. The number of piperidine rings is 1. The predicted molar refractivity (Wildman–Crippen MR) is 113 cm³/mol. The van der Waals surface area contributed by atoms with E-state index in [1.165, 1.54) is 31.0 Å². The number of amides is 1. The van der Waals surface area contributed by atoms with Gasteiger partial charge in [0.2, 0.25) is 5.91 Å². The standard InChI is InChI=1S/C19H25ClN4O5S/c1-4-23-11-18(21-12-23)30(26,27)24-7-5-6-13(10-24)19(25)22-15-8-14(20)16(28-2)9-17(15)29-3/h8-9,11-13H,4-7,10H2,1-3H3,(H,22,25). The normalized spacial score (nSPS) is 17.5. The molecule has 1 saturated heterocycles. The Labute approximate surface area is 181 Å². The maximum atomic E-state index is 12.9. The Hall–Kier alpha value is -2.30. The molecule has 0 spiro atoms. The molecule has 1 N–H and O–H groups in total. The first-order chi connectivity index (χ1) is 14.3. The topological polar surface area (TPSA) is 103 Å². The smallest absolute Gasteiger partial charge is 0.262 e. The lowest BCUT2D eigenvalue weighted by Crippen LogP contribution is -2.43. The molecule has 1 fully saturated rings. The van der Waals surface area contributed by atoms with Crippen LogP contribution in [0.4, 0.5) is 5.69 Å². The molecule has 2 aromatic rings. The van der Waals surface area contributed by atoms with Gasteiger partial charge in [-0.1, -0.05) is 11.6 Å². The third-order valence-corrected chi connectivity index (χ3v) is 7.11. The summed E-state index contributed by atoms with van der Waals surface area (Å²) >= 11 is 6.16. The van der Waals surface area contributed by atoms with Crippen LogP contribution in [0.3, 0.4) is 0 Å². The summed E-state index contributed by atoms with van der Waals surface area (Å²) in [6, 6.07) is 3.13. The average molecular weight is 457 g/mol. The fourth-order valence-electron chi connectivity index (χ4n) is 3.35. The summed E-state index contributed by atoms with van der Waals surface area (Å²) in [6.07, 6.45) is 4.14. The van der Waals surface area contributed by atoms with Crippen LogP contribution in [0, 0.1) is 5.92 Å². The van der Waals surface area contributed by atoms with Gasteiger partial charge in [-0.25, -0.2) is 13.4 Å². The summed E-state index contributed by atoms with van der Waals surface area (Å²) in [6.45, 7) is 2.96. The van der Waals surface area contributed by atoms with E-state index in [4.69, 9.17) is 21.1 Å². The van der Waals surface area contributed by atoms with Crippen molar-refractivity contribution in [2.24, 2.45) is 5.92 Å². The van der Waals surface area contributed by atoms with Crippen molar-refractivity contribution in [1.29, 1.82) is 0 Å². The third-order valence-electron chi connectivity index (χ3n) is 5.07. The molecule has 1 atom stereocenters. The van der Waals surface area contributed by atoms with Crippen LogP contribution in [0.5, 0.6) is 11.5 Å². The van der Waals surface area contributed by atoms with Crippen LogP contribution in [0.1, 0.15) is 19.8 Å². The second kappa shape index (κ2) is 9.23. The summed E-state index contributed by atoms with van der Waals surface area (Å²) in [5, 5.41) is 3.12. The lowest BCUT2D eigenvalue weighted by molar-refractivity contribution is -0.120. The molecule has 0 aliphatic carbocycles. The molecule has 0 saturated carbocycles. The van der Waals surface area contributed by atoms with E-state index in [0.29, 0.717) is 48.1 Å². The molecule has 1 aliphatic rings. The third kappa shape index (κ3) is 4.55. The Kier molecular flexibility index (Phi) is 6.89. The molecule has 1 aromatic carbocycles. The van der Waals surface area contributed by atoms with Crippen LogP contribution in [-0.2, 0) is 21.4 Å². The summed E-state index contributed by atoms with van der Waals surface area (Å²) in [4.78, 5) is 16.9. The van der Waals surface area contributed by atoms with Gasteiger partial charge >= 0.3 is 0 Å². The van der Waals surface area contributed by atoms with Crippen molar-refractivity contribution in [1.82, 2.24) is 13.9 Å². The molecule has 1 aliphatic heterocycles. The monoisotopic (exact) mass is 456 g/mol. The summed E-state index contributed by atoms with van der Waals surface area (Å²) in [5.41, 5.74) is 0.398. The number of nitrogens with zero attached hydrogens (tertiary/aromatic N) is 3. The summed E-state index contributed by atoms with van der Waals surface area (Å²) < 4.78 is 39.3. The van der Waals surface area contributed by atoms with Gasteiger partial charge in [-0.15, -0.1) is 0 Å². The molecule has 9 nitrogen and oxygen atoms in total. The van der Waals surface area contributed by atoms with Gasteiger partial charge in [0.05, 0.1) is 37.2 Å². The van der Waals surface area contributed by atoms with Crippen LogP contribution in [-0.4, -0.2) is 55.5 Å². The van der Waals surface area contributed by atoms with Gasteiger partial charge in [-0.3, -0.25) is 4.79 Å². The number of methoxy groups -OCH3 is 2. The van der Waals surface area contributed by atoms with Crippen molar-refractivity contribution in [2.45, 2.75) is 31.3 Å². The molecule has 30 heavy (non-hydrogen) atoms.